The molecule has 0 bridgehead atoms. The van der Waals surface area contributed by atoms with E-state index in [-0.39, 0.29) is 25.5 Å². The van der Waals surface area contributed by atoms with Crippen LogP contribution in [0.2, 0.25) is 0 Å². The summed E-state index contributed by atoms with van der Waals surface area (Å²) in [5.74, 6) is -2.20. The van der Waals surface area contributed by atoms with Crippen LogP contribution in [-0.4, -0.2) is 87.6 Å². The van der Waals surface area contributed by atoms with Gasteiger partial charge in [0.2, 0.25) is 21.8 Å². The quantitative estimate of drug-likeness (QED) is 0.269. The molecular weight excluding hydrogens is 743 g/mol. The zero-order chi connectivity index (χ0) is 38.2. The standard InChI is InChI=1S/C39H47N7O7S2/c47-35-32-21-28(46-42-33(25-11-5-4-6-12-25)34(43-46)26-19-20-54-24-26)23-45(32)36(48)31(40-38(50)53-29-14-9-10-15-29)16-8-3-1-2-7-13-27-22-39(27,41-35)37(49)44-55(51,52)30-17-18-30/h4-7,11-13,19-20,24,27-32H,1-3,8-10,14-18,21-23H2,(H,40,50)(H,41,47)(H,44,49)/b13-7+/t27-,28-,31-,32+,39-/m1/s1. The van der Waals surface area contributed by atoms with Crippen LogP contribution < -0.4 is 15.4 Å². The highest BCUT2D eigenvalue weighted by Crippen LogP contribution is 2.46. The van der Waals surface area contributed by atoms with Crippen molar-refractivity contribution in [3.8, 4) is 22.5 Å². The lowest BCUT2D eigenvalue weighted by molar-refractivity contribution is -0.141. The molecule has 0 unspecified atom stereocenters. The molecule has 0 spiro atoms. The van der Waals surface area contributed by atoms with Gasteiger partial charge in [0, 0.05) is 35.4 Å². The first-order chi connectivity index (χ1) is 26.6. The van der Waals surface area contributed by atoms with Crippen LogP contribution >= 0.6 is 11.3 Å². The summed E-state index contributed by atoms with van der Waals surface area (Å²) in [4.78, 5) is 59.2. The second-order valence-corrected chi connectivity index (χ2v) is 18.3. The SMILES string of the molecule is O=C(N[C@@H]1CCCCC/C=C/[C@@H]2C[C@@]2(C(=O)NS(=O)(=O)C2CC2)NC(=O)[C@@H]2C[C@@H](n3nc(-c4ccccc4)c(-c4ccsc4)n3)CN2C1=O)OC1CCCC1. The molecule has 4 fully saturated rings. The van der Waals surface area contributed by atoms with Gasteiger partial charge >= 0.3 is 6.09 Å². The highest BCUT2D eigenvalue weighted by atomic mass is 32.2. The monoisotopic (exact) mass is 789 g/mol. The molecule has 16 heteroatoms. The normalized spacial score (nSPS) is 28.3. The van der Waals surface area contributed by atoms with Gasteiger partial charge in [0.25, 0.3) is 5.91 Å². The minimum atomic E-state index is -3.88. The zero-order valence-electron chi connectivity index (χ0n) is 30.6. The Hall–Kier alpha value is -4.57. The molecule has 1 saturated heterocycles. The summed E-state index contributed by atoms with van der Waals surface area (Å²) in [5.41, 5.74) is 1.60. The van der Waals surface area contributed by atoms with E-state index in [1.54, 1.807) is 4.80 Å². The van der Waals surface area contributed by atoms with Gasteiger partial charge in [-0.15, -0.1) is 0 Å². The Bertz CT molecular complexity index is 2040. The fourth-order valence-electron chi connectivity index (χ4n) is 8.15. The Labute approximate surface area is 324 Å². The van der Waals surface area contributed by atoms with Crippen LogP contribution in [-0.2, 0) is 29.1 Å². The molecule has 2 aliphatic heterocycles. The molecule has 3 aromatic rings. The van der Waals surface area contributed by atoms with Crippen molar-refractivity contribution >= 4 is 45.2 Å². The van der Waals surface area contributed by atoms with E-state index in [4.69, 9.17) is 14.9 Å². The van der Waals surface area contributed by atoms with Crippen molar-refractivity contribution < 1.29 is 32.3 Å². The van der Waals surface area contributed by atoms with Crippen molar-refractivity contribution in [1.29, 1.82) is 0 Å². The maximum absolute atomic E-state index is 14.7. The van der Waals surface area contributed by atoms with E-state index >= 15 is 0 Å². The Morgan fingerprint density at radius 2 is 1.67 bits per heavy atom. The fraction of sp³-hybridized carbons (Fsp3) is 0.538. The van der Waals surface area contributed by atoms with E-state index in [2.05, 4.69) is 15.4 Å². The molecule has 292 valence electrons. The number of carbonyl (C=O) groups is 4. The van der Waals surface area contributed by atoms with Gasteiger partial charge in [0.1, 0.15) is 35.1 Å². The number of hydrogen-bond donors (Lipinski definition) is 3. The second-order valence-electron chi connectivity index (χ2n) is 15.5. The molecule has 5 aliphatic rings. The number of allylic oxidation sites excluding steroid dienone is 1. The van der Waals surface area contributed by atoms with Crippen LogP contribution in [0, 0.1) is 5.92 Å². The Balaban J connectivity index is 1.12. The number of nitrogens with one attached hydrogen (secondary N) is 3. The molecular formula is C39H47N7O7S2. The zero-order valence-corrected chi connectivity index (χ0v) is 32.2. The average Bonchev–Trinajstić information content (AvgIpc) is 3.74. The molecule has 14 nitrogen and oxygen atoms in total. The number of aromatic nitrogens is 3. The summed E-state index contributed by atoms with van der Waals surface area (Å²) >= 11 is 1.54. The molecule has 4 amide bonds. The Kier molecular flexibility index (Phi) is 10.5. The van der Waals surface area contributed by atoms with Gasteiger partial charge in [-0.2, -0.15) is 26.3 Å². The number of thiophene rings is 1. The molecule has 0 radical (unpaired) electrons. The van der Waals surface area contributed by atoms with Crippen LogP contribution in [0.1, 0.15) is 89.5 Å². The number of alkyl carbamates (subject to hydrolysis) is 1. The summed E-state index contributed by atoms with van der Waals surface area (Å²) in [7, 11) is -3.88. The number of amides is 4. The van der Waals surface area contributed by atoms with Gasteiger partial charge in [-0.3, -0.25) is 19.1 Å². The Morgan fingerprint density at radius 1 is 0.927 bits per heavy atom. The van der Waals surface area contributed by atoms with Crippen molar-refractivity contribution in [2.45, 2.75) is 118 Å². The summed E-state index contributed by atoms with van der Waals surface area (Å²) in [6.45, 7) is 0.0668. The van der Waals surface area contributed by atoms with Gasteiger partial charge < -0.3 is 20.3 Å². The highest BCUT2D eigenvalue weighted by Gasteiger charge is 2.62. The fourth-order valence-corrected chi connectivity index (χ4v) is 10.2. The first-order valence-electron chi connectivity index (χ1n) is 19.5. The van der Waals surface area contributed by atoms with E-state index < -0.39 is 68.7 Å². The molecule has 4 heterocycles. The van der Waals surface area contributed by atoms with E-state index in [9.17, 15) is 27.6 Å². The molecule has 3 N–H and O–H groups in total. The number of hydrogen-bond acceptors (Lipinski definition) is 10. The third kappa shape index (κ3) is 8.06. The van der Waals surface area contributed by atoms with Gasteiger partial charge in [-0.05, 0) is 75.7 Å². The molecule has 1 aromatic carbocycles. The number of carbonyl (C=O) groups excluding carboxylic acids is 4. The van der Waals surface area contributed by atoms with Crippen molar-refractivity contribution in [3.05, 3.63) is 59.3 Å². The molecule has 5 atom stereocenters. The maximum Gasteiger partial charge on any atom is 0.408 e. The van der Waals surface area contributed by atoms with Gasteiger partial charge in [0.15, 0.2) is 0 Å². The van der Waals surface area contributed by atoms with Crippen LogP contribution in [0.3, 0.4) is 0 Å². The number of sulfonamides is 1. The smallest absolute Gasteiger partial charge is 0.408 e. The third-order valence-corrected chi connectivity index (χ3v) is 14.0. The van der Waals surface area contributed by atoms with Gasteiger partial charge in [-0.1, -0.05) is 55.3 Å². The summed E-state index contributed by atoms with van der Waals surface area (Å²) in [5, 5.41) is 19.0. The number of benzene rings is 1. The molecule has 3 saturated carbocycles. The number of nitrogens with zero attached hydrogens (tertiary/aromatic N) is 4. The lowest BCUT2D eigenvalue weighted by Gasteiger charge is -2.30. The topological polar surface area (TPSA) is 182 Å². The van der Waals surface area contributed by atoms with E-state index in [0.29, 0.717) is 43.5 Å². The lowest BCUT2D eigenvalue weighted by atomic mass is 10.0. The van der Waals surface area contributed by atoms with Crippen LogP contribution in [0.25, 0.3) is 22.5 Å². The van der Waals surface area contributed by atoms with E-state index in [0.717, 1.165) is 49.7 Å². The van der Waals surface area contributed by atoms with E-state index in [1.807, 2.05) is 59.3 Å². The van der Waals surface area contributed by atoms with Crippen molar-refractivity contribution in [3.63, 3.8) is 0 Å². The minimum absolute atomic E-state index is 0.0668. The van der Waals surface area contributed by atoms with Crippen LogP contribution in [0.4, 0.5) is 4.79 Å². The summed E-state index contributed by atoms with van der Waals surface area (Å²) < 4.78 is 33.7. The number of ether oxygens (including phenoxy) is 1. The molecule has 55 heavy (non-hydrogen) atoms. The van der Waals surface area contributed by atoms with Crippen LogP contribution in [0.15, 0.2) is 59.3 Å². The Morgan fingerprint density at radius 3 is 2.40 bits per heavy atom. The maximum atomic E-state index is 14.7. The van der Waals surface area contributed by atoms with Crippen molar-refractivity contribution in [1.82, 2.24) is 35.2 Å². The number of rotatable bonds is 8. The predicted molar refractivity (Wildman–Crippen MR) is 205 cm³/mol. The first kappa shape index (κ1) is 37.4. The molecule has 8 rings (SSSR count). The van der Waals surface area contributed by atoms with E-state index in [1.165, 1.54) is 16.2 Å². The minimum Gasteiger partial charge on any atom is -0.446 e. The molecule has 2 aromatic heterocycles. The largest absolute Gasteiger partial charge is 0.446 e. The van der Waals surface area contributed by atoms with Gasteiger partial charge in [-0.25, -0.2) is 13.2 Å². The summed E-state index contributed by atoms with van der Waals surface area (Å²) in [6, 6.07) is 9.10. The van der Waals surface area contributed by atoms with Gasteiger partial charge in [0.05, 0.1) is 11.3 Å². The average molecular weight is 790 g/mol. The lowest BCUT2D eigenvalue weighted by Crippen LogP contribution is -2.58. The second kappa shape index (κ2) is 15.5. The first-order valence-corrected chi connectivity index (χ1v) is 22.0. The highest BCUT2D eigenvalue weighted by molar-refractivity contribution is 7.91. The van der Waals surface area contributed by atoms with Crippen LogP contribution in [0.5, 0.6) is 0 Å². The third-order valence-electron chi connectivity index (χ3n) is 11.5. The summed E-state index contributed by atoms with van der Waals surface area (Å²) in [6.07, 6.45) is 11.2. The number of fused-ring (bicyclic) bond motifs is 2. The van der Waals surface area contributed by atoms with Crippen molar-refractivity contribution in [2.75, 3.05) is 6.54 Å². The van der Waals surface area contributed by atoms with Crippen molar-refractivity contribution in [2.24, 2.45) is 5.92 Å². The predicted octanol–water partition coefficient (Wildman–Crippen LogP) is 4.86. The molecule has 3 aliphatic carbocycles.